The van der Waals surface area contributed by atoms with Crippen molar-refractivity contribution in [1.29, 1.82) is 0 Å². The molecule has 0 bridgehead atoms. The molecule has 0 saturated carbocycles. The SMILES string of the molecule is Cc1ccc(OC2CCCN(C(=O)COc3ccc4ccccc4c3)C2)nn1. The molecule has 4 rings (SSSR count). The Morgan fingerprint density at radius 1 is 1.11 bits per heavy atom. The molecule has 1 saturated heterocycles. The van der Waals surface area contributed by atoms with Crippen LogP contribution in [0, 0.1) is 6.92 Å². The van der Waals surface area contributed by atoms with E-state index in [4.69, 9.17) is 9.47 Å². The third-order valence-corrected chi connectivity index (χ3v) is 4.87. The summed E-state index contributed by atoms with van der Waals surface area (Å²) in [6.45, 7) is 3.16. The number of nitrogens with zero attached hydrogens (tertiary/aromatic N) is 3. The number of carbonyl (C=O) groups is 1. The maximum atomic E-state index is 12.6. The number of rotatable bonds is 5. The molecule has 1 unspecified atom stereocenters. The van der Waals surface area contributed by atoms with Gasteiger partial charge in [0.05, 0.1) is 12.2 Å². The molecule has 1 amide bonds. The number of piperidine rings is 1. The highest BCUT2D eigenvalue weighted by molar-refractivity contribution is 5.84. The monoisotopic (exact) mass is 377 g/mol. The zero-order valence-corrected chi connectivity index (χ0v) is 15.9. The summed E-state index contributed by atoms with van der Waals surface area (Å²) < 4.78 is 11.6. The summed E-state index contributed by atoms with van der Waals surface area (Å²) in [7, 11) is 0. The minimum atomic E-state index is -0.0737. The molecule has 0 spiro atoms. The van der Waals surface area contributed by atoms with E-state index in [0.717, 1.165) is 35.9 Å². The van der Waals surface area contributed by atoms with Gasteiger partial charge < -0.3 is 14.4 Å². The Morgan fingerprint density at radius 2 is 1.96 bits per heavy atom. The lowest BCUT2D eigenvalue weighted by atomic mass is 10.1. The fraction of sp³-hybridized carbons (Fsp3) is 0.318. The number of aromatic nitrogens is 2. The van der Waals surface area contributed by atoms with Gasteiger partial charge in [-0.15, -0.1) is 5.10 Å². The van der Waals surface area contributed by atoms with Crippen molar-refractivity contribution in [2.45, 2.75) is 25.9 Å². The van der Waals surface area contributed by atoms with Crippen LogP contribution >= 0.6 is 0 Å². The Hall–Kier alpha value is -3.15. The van der Waals surface area contributed by atoms with Crippen molar-refractivity contribution in [1.82, 2.24) is 15.1 Å². The van der Waals surface area contributed by atoms with Crippen LogP contribution in [0.15, 0.2) is 54.6 Å². The number of aryl methyl sites for hydroxylation is 1. The van der Waals surface area contributed by atoms with E-state index >= 15 is 0 Å². The first kappa shape index (κ1) is 18.2. The minimum absolute atomic E-state index is 0.0232. The fourth-order valence-corrected chi connectivity index (χ4v) is 3.37. The van der Waals surface area contributed by atoms with Gasteiger partial charge in [0.25, 0.3) is 5.91 Å². The van der Waals surface area contributed by atoms with Crippen LogP contribution in [-0.2, 0) is 4.79 Å². The number of hydrogen-bond donors (Lipinski definition) is 0. The van der Waals surface area contributed by atoms with Crippen molar-refractivity contribution in [3.05, 3.63) is 60.3 Å². The first-order valence-corrected chi connectivity index (χ1v) is 9.54. The van der Waals surface area contributed by atoms with Crippen LogP contribution in [0.4, 0.5) is 0 Å². The summed E-state index contributed by atoms with van der Waals surface area (Å²) >= 11 is 0. The first-order chi connectivity index (χ1) is 13.7. The van der Waals surface area contributed by atoms with E-state index in [1.54, 1.807) is 4.90 Å². The lowest BCUT2D eigenvalue weighted by Gasteiger charge is -2.32. The van der Waals surface area contributed by atoms with Gasteiger partial charge in [0.15, 0.2) is 6.61 Å². The van der Waals surface area contributed by atoms with E-state index in [1.807, 2.05) is 55.5 Å². The summed E-state index contributed by atoms with van der Waals surface area (Å²) in [6, 6.07) is 17.6. The van der Waals surface area contributed by atoms with E-state index in [-0.39, 0.29) is 18.6 Å². The van der Waals surface area contributed by atoms with Crippen molar-refractivity contribution >= 4 is 16.7 Å². The van der Waals surface area contributed by atoms with Gasteiger partial charge >= 0.3 is 0 Å². The Balaban J connectivity index is 1.32. The lowest BCUT2D eigenvalue weighted by Crippen LogP contribution is -2.46. The second-order valence-corrected chi connectivity index (χ2v) is 7.03. The van der Waals surface area contributed by atoms with Crippen molar-refractivity contribution < 1.29 is 14.3 Å². The molecule has 1 aromatic heterocycles. The topological polar surface area (TPSA) is 64.5 Å². The summed E-state index contributed by atoms with van der Waals surface area (Å²) in [5.74, 6) is 1.17. The van der Waals surface area contributed by atoms with Gasteiger partial charge in [-0.05, 0) is 48.7 Å². The summed E-state index contributed by atoms with van der Waals surface area (Å²) in [4.78, 5) is 14.4. The van der Waals surface area contributed by atoms with Gasteiger partial charge in [0.1, 0.15) is 11.9 Å². The number of likely N-dealkylation sites (tertiary alicyclic amines) is 1. The molecule has 1 fully saturated rings. The van der Waals surface area contributed by atoms with Crippen molar-refractivity contribution in [3.8, 4) is 11.6 Å². The van der Waals surface area contributed by atoms with Crippen molar-refractivity contribution in [2.24, 2.45) is 0 Å². The Morgan fingerprint density at radius 3 is 2.79 bits per heavy atom. The molecule has 1 aliphatic rings. The van der Waals surface area contributed by atoms with Crippen LogP contribution < -0.4 is 9.47 Å². The lowest BCUT2D eigenvalue weighted by molar-refractivity contribution is -0.136. The van der Waals surface area contributed by atoms with E-state index < -0.39 is 0 Å². The van der Waals surface area contributed by atoms with Crippen LogP contribution in [0.1, 0.15) is 18.5 Å². The third-order valence-electron chi connectivity index (χ3n) is 4.87. The van der Waals surface area contributed by atoms with Crippen LogP contribution in [0.2, 0.25) is 0 Å². The molecule has 6 nitrogen and oxygen atoms in total. The molecule has 0 aliphatic carbocycles. The summed E-state index contributed by atoms with van der Waals surface area (Å²) in [5, 5.41) is 10.3. The predicted octanol–water partition coefficient (Wildman–Crippen LogP) is 3.39. The number of amides is 1. The Kier molecular flexibility index (Phi) is 5.37. The fourth-order valence-electron chi connectivity index (χ4n) is 3.37. The molecular formula is C22H23N3O3. The summed E-state index contributed by atoms with van der Waals surface area (Å²) in [6.07, 6.45) is 1.71. The quantitative estimate of drug-likeness (QED) is 0.682. The Labute approximate surface area is 164 Å². The highest BCUT2D eigenvalue weighted by Gasteiger charge is 2.25. The molecule has 1 atom stereocenters. The molecule has 2 heterocycles. The first-order valence-electron chi connectivity index (χ1n) is 9.54. The van der Waals surface area contributed by atoms with Crippen LogP contribution in [0.3, 0.4) is 0 Å². The molecule has 2 aromatic carbocycles. The van der Waals surface area contributed by atoms with Crippen LogP contribution in [-0.4, -0.2) is 46.8 Å². The van der Waals surface area contributed by atoms with Crippen molar-refractivity contribution in [2.75, 3.05) is 19.7 Å². The molecule has 0 radical (unpaired) electrons. The number of ether oxygens (including phenoxy) is 2. The van der Waals surface area contributed by atoms with E-state index in [1.165, 1.54) is 0 Å². The van der Waals surface area contributed by atoms with Gasteiger partial charge in [-0.3, -0.25) is 4.79 Å². The zero-order chi connectivity index (χ0) is 19.3. The third kappa shape index (κ3) is 4.39. The Bertz CT molecular complexity index is 959. The smallest absolute Gasteiger partial charge is 0.260 e. The molecule has 0 N–H and O–H groups in total. The summed E-state index contributed by atoms with van der Waals surface area (Å²) in [5.41, 5.74) is 0.846. The van der Waals surface area contributed by atoms with E-state index in [2.05, 4.69) is 16.3 Å². The standard InChI is InChI=1S/C22H23N3O3/c1-16-8-11-21(24-23-16)28-20-7-4-12-25(14-20)22(26)15-27-19-10-9-17-5-2-3-6-18(17)13-19/h2-3,5-6,8-11,13,20H,4,7,12,14-15H2,1H3. The number of fused-ring (bicyclic) bond motifs is 1. The highest BCUT2D eigenvalue weighted by Crippen LogP contribution is 2.21. The van der Waals surface area contributed by atoms with Gasteiger partial charge in [-0.25, -0.2) is 0 Å². The average Bonchev–Trinajstić information content (AvgIpc) is 2.74. The molecule has 1 aliphatic heterocycles. The van der Waals surface area contributed by atoms with Gasteiger partial charge in [0.2, 0.25) is 5.88 Å². The molecule has 3 aromatic rings. The van der Waals surface area contributed by atoms with Gasteiger partial charge in [-0.2, -0.15) is 5.10 Å². The normalized spacial score (nSPS) is 16.8. The molecule has 144 valence electrons. The van der Waals surface area contributed by atoms with Gasteiger partial charge in [-0.1, -0.05) is 30.3 Å². The van der Waals surface area contributed by atoms with Crippen LogP contribution in [0.25, 0.3) is 10.8 Å². The number of hydrogen-bond acceptors (Lipinski definition) is 5. The van der Waals surface area contributed by atoms with E-state index in [0.29, 0.717) is 18.2 Å². The highest BCUT2D eigenvalue weighted by atomic mass is 16.5. The maximum absolute atomic E-state index is 12.6. The molecule has 28 heavy (non-hydrogen) atoms. The number of carbonyl (C=O) groups excluding carboxylic acids is 1. The second kappa shape index (κ2) is 8.25. The van der Waals surface area contributed by atoms with E-state index in [9.17, 15) is 4.79 Å². The predicted molar refractivity (Wildman–Crippen MR) is 106 cm³/mol. The van der Waals surface area contributed by atoms with Crippen LogP contribution in [0.5, 0.6) is 11.6 Å². The minimum Gasteiger partial charge on any atom is -0.484 e. The van der Waals surface area contributed by atoms with Crippen molar-refractivity contribution in [3.63, 3.8) is 0 Å². The number of benzene rings is 2. The average molecular weight is 377 g/mol. The zero-order valence-electron chi connectivity index (χ0n) is 15.9. The maximum Gasteiger partial charge on any atom is 0.260 e. The van der Waals surface area contributed by atoms with Gasteiger partial charge in [0, 0.05) is 12.6 Å². The molecule has 6 heteroatoms. The molecular weight excluding hydrogens is 354 g/mol. The second-order valence-electron chi connectivity index (χ2n) is 7.03. The largest absolute Gasteiger partial charge is 0.484 e.